The zero-order chi connectivity index (χ0) is 13.8. The van der Waals surface area contributed by atoms with E-state index in [9.17, 15) is 14.3 Å². The van der Waals surface area contributed by atoms with Crippen molar-refractivity contribution in [2.75, 3.05) is 0 Å². The normalized spacial score (nSPS) is 10.2. The highest BCUT2D eigenvalue weighted by atomic mass is 19.1. The predicted molar refractivity (Wildman–Crippen MR) is 68.4 cm³/mol. The molecule has 0 aliphatic rings. The van der Waals surface area contributed by atoms with Crippen LogP contribution in [-0.2, 0) is 11.3 Å². The van der Waals surface area contributed by atoms with E-state index < -0.39 is 5.97 Å². The highest BCUT2D eigenvalue weighted by Gasteiger charge is 2.13. The van der Waals surface area contributed by atoms with Gasteiger partial charge in [-0.05, 0) is 36.2 Å². The van der Waals surface area contributed by atoms with E-state index in [2.05, 4.69) is 0 Å². The summed E-state index contributed by atoms with van der Waals surface area (Å²) < 4.78 is 18.0. The summed E-state index contributed by atoms with van der Waals surface area (Å²) in [4.78, 5) is 11.8. The van der Waals surface area contributed by atoms with Crippen molar-refractivity contribution in [2.24, 2.45) is 0 Å². The minimum Gasteiger partial charge on any atom is -0.507 e. The third-order valence-corrected chi connectivity index (χ3v) is 2.72. The molecule has 2 aromatic rings. The van der Waals surface area contributed by atoms with Gasteiger partial charge in [-0.3, -0.25) is 0 Å². The van der Waals surface area contributed by atoms with Crippen LogP contribution in [0.2, 0.25) is 0 Å². The van der Waals surface area contributed by atoms with E-state index in [1.807, 2.05) is 0 Å². The Morgan fingerprint density at radius 3 is 2.74 bits per heavy atom. The van der Waals surface area contributed by atoms with Crippen LogP contribution in [0.25, 0.3) is 0 Å². The first-order chi connectivity index (χ1) is 9.08. The van der Waals surface area contributed by atoms with Gasteiger partial charge in [-0.15, -0.1) is 0 Å². The summed E-state index contributed by atoms with van der Waals surface area (Å²) in [6.45, 7) is 1.66. The number of phenolic OH excluding ortho intramolecular Hbond substituents is 1. The maximum Gasteiger partial charge on any atom is 0.342 e. The minimum absolute atomic E-state index is 0.0377. The predicted octanol–water partition coefficient (Wildman–Crippen LogP) is 3.20. The molecule has 0 aromatic heterocycles. The molecule has 0 radical (unpaired) electrons. The fraction of sp³-hybridized carbons (Fsp3) is 0.133. The molecule has 0 aliphatic heterocycles. The van der Waals surface area contributed by atoms with Crippen LogP contribution < -0.4 is 0 Å². The summed E-state index contributed by atoms with van der Waals surface area (Å²) in [5.41, 5.74) is 1.26. The van der Waals surface area contributed by atoms with Gasteiger partial charge in [0.05, 0.1) is 0 Å². The summed E-state index contributed by atoms with van der Waals surface area (Å²) in [5.74, 6) is -1.11. The van der Waals surface area contributed by atoms with Gasteiger partial charge in [-0.25, -0.2) is 9.18 Å². The lowest BCUT2D eigenvalue weighted by atomic mass is 10.1. The quantitative estimate of drug-likeness (QED) is 0.862. The van der Waals surface area contributed by atoms with Crippen molar-refractivity contribution in [3.63, 3.8) is 0 Å². The average molecular weight is 260 g/mol. The molecule has 2 aromatic carbocycles. The Hall–Kier alpha value is -2.36. The fourth-order valence-electron chi connectivity index (χ4n) is 1.68. The van der Waals surface area contributed by atoms with Crippen molar-refractivity contribution in [2.45, 2.75) is 13.5 Å². The second kappa shape index (κ2) is 5.52. The first kappa shape index (κ1) is 13.1. The minimum atomic E-state index is -0.634. The maximum atomic E-state index is 13.0. The molecule has 0 bridgehead atoms. The monoisotopic (exact) mass is 260 g/mol. The topological polar surface area (TPSA) is 46.5 Å². The van der Waals surface area contributed by atoms with Crippen molar-refractivity contribution in [1.82, 2.24) is 0 Å². The highest BCUT2D eigenvalue weighted by Crippen LogP contribution is 2.22. The smallest absolute Gasteiger partial charge is 0.342 e. The zero-order valence-corrected chi connectivity index (χ0v) is 10.4. The fourth-order valence-corrected chi connectivity index (χ4v) is 1.68. The summed E-state index contributed by atoms with van der Waals surface area (Å²) in [6.07, 6.45) is 0. The number of rotatable bonds is 3. The van der Waals surface area contributed by atoms with Crippen LogP contribution in [0, 0.1) is 12.7 Å². The van der Waals surface area contributed by atoms with E-state index in [1.54, 1.807) is 31.2 Å². The number of aromatic hydroxyl groups is 1. The largest absolute Gasteiger partial charge is 0.507 e. The summed E-state index contributed by atoms with van der Waals surface area (Å²) in [6, 6.07) is 10.7. The van der Waals surface area contributed by atoms with E-state index in [0.29, 0.717) is 11.1 Å². The van der Waals surface area contributed by atoms with Crippen molar-refractivity contribution in [1.29, 1.82) is 0 Å². The molecule has 1 N–H and O–H groups in total. The van der Waals surface area contributed by atoms with Gasteiger partial charge in [-0.1, -0.05) is 24.3 Å². The van der Waals surface area contributed by atoms with E-state index >= 15 is 0 Å². The van der Waals surface area contributed by atoms with Crippen LogP contribution >= 0.6 is 0 Å². The van der Waals surface area contributed by atoms with Crippen LogP contribution in [-0.4, -0.2) is 11.1 Å². The SMILES string of the molecule is Cc1cccc(C(=O)OCc2cccc(F)c2)c1O. The lowest BCUT2D eigenvalue weighted by Crippen LogP contribution is -2.06. The van der Waals surface area contributed by atoms with Gasteiger partial charge >= 0.3 is 5.97 Å². The second-order valence-electron chi connectivity index (χ2n) is 4.18. The third-order valence-electron chi connectivity index (χ3n) is 2.72. The van der Waals surface area contributed by atoms with Crippen LogP contribution in [0.15, 0.2) is 42.5 Å². The van der Waals surface area contributed by atoms with Gasteiger partial charge < -0.3 is 9.84 Å². The molecule has 0 fully saturated rings. The maximum absolute atomic E-state index is 13.0. The average Bonchev–Trinajstić information content (AvgIpc) is 2.39. The number of ether oxygens (including phenoxy) is 1. The Labute approximate surface area is 110 Å². The van der Waals surface area contributed by atoms with Crippen LogP contribution in [0.1, 0.15) is 21.5 Å². The summed E-state index contributed by atoms with van der Waals surface area (Å²) in [7, 11) is 0. The van der Waals surface area contributed by atoms with Crippen molar-refractivity contribution in [3.8, 4) is 5.75 Å². The van der Waals surface area contributed by atoms with Gasteiger partial charge in [0.25, 0.3) is 0 Å². The number of halogens is 1. The first-order valence-electron chi connectivity index (χ1n) is 5.78. The van der Waals surface area contributed by atoms with Crippen LogP contribution in [0.3, 0.4) is 0 Å². The first-order valence-corrected chi connectivity index (χ1v) is 5.78. The number of aryl methyl sites for hydroxylation is 1. The number of phenols is 1. The van der Waals surface area contributed by atoms with Gasteiger partial charge in [0.1, 0.15) is 23.7 Å². The molecular weight excluding hydrogens is 247 g/mol. The Kier molecular flexibility index (Phi) is 3.80. The molecule has 0 amide bonds. The van der Waals surface area contributed by atoms with Gasteiger partial charge in [-0.2, -0.15) is 0 Å². The highest BCUT2D eigenvalue weighted by molar-refractivity contribution is 5.92. The van der Waals surface area contributed by atoms with Crippen molar-refractivity contribution in [3.05, 3.63) is 65.0 Å². The van der Waals surface area contributed by atoms with E-state index in [-0.39, 0.29) is 23.7 Å². The number of benzene rings is 2. The van der Waals surface area contributed by atoms with Crippen molar-refractivity contribution < 1.29 is 19.0 Å². The molecule has 4 heteroatoms. The van der Waals surface area contributed by atoms with Gasteiger partial charge in [0.2, 0.25) is 0 Å². The number of hydrogen-bond donors (Lipinski definition) is 1. The Balaban J connectivity index is 2.08. The molecule has 0 saturated heterocycles. The van der Waals surface area contributed by atoms with Gasteiger partial charge in [0.15, 0.2) is 0 Å². The third kappa shape index (κ3) is 3.10. The number of carbonyl (C=O) groups excluding carboxylic acids is 1. The second-order valence-corrected chi connectivity index (χ2v) is 4.18. The van der Waals surface area contributed by atoms with Crippen LogP contribution in [0.5, 0.6) is 5.75 Å². The van der Waals surface area contributed by atoms with E-state index in [4.69, 9.17) is 4.74 Å². The molecule has 19 heavy (non-hydrogen) atoms. The molecule has 98 valence electrons. The number of esters is 1. The molecule has 0 unspecified atom stereocenters. The Bertz CT molecular complexity index is 608. The summed E-state index contributed by atoms with van der Waals surface area (Å²) >= 11 is 0. The molecule has 0 saturated carbocycles. The lowest BCUT2D eigenvalue weighted by Gasteiger charge is -2.08. The van der Waals surface area contributed by atoms with Crippen LogP contribution in [0.4, 0.5) is 4.39 Å². The standard InChI is InChI=1S/C15H13FO3/c1-10-4-2-7-13(14(10)17)15(18)19-9-11-5-3-6-12(16)8-11/h2-8,17H,9H2,1H3. The Morgan fingerprint density at radius 1 is 1.26 bits per heavy atom. The summed E-state index contributed by atoms with van der Waals surface area (Å²) in [5, 5.41) is 9.75. The number of hydrogen-bond acceptors (Lipinski definition) is 3. The molecule has 0 spiro atoms. The molecule has 2 rings (SSSR count). The zero-order valence-electron chi connectivity index (χ0n) is 10.4. The molecule has 0 atom stereocenters. The lowest BCUT2D eigenvalue weighted by molar-refractivity contribution is 0.0469. The number of carbonyl (C=O) groups is 1. The van der Waals surface area contributed by atoms with E-state index in [1.165, 1.54) is 18.2 Å². The molecule has 0 heterocycles. The Morgan fingerprint density at radius 2 is 2.00 bits per heavy atom. The van der Waals surface area contributed by atoms with Gasteiger partial charge in [0, 0.05) is 0 Å². The molecular formula is C15H13FO3. The molecule has 0 aliphatic carbocycles. The molecule has 3 nitrogen and oxygen atoms in total. The van der Waals surface area contributed by atoms with E-state index in [0.717, 1.165) is 0 Å². The number of para-hydroxylation sites is 1. The van der Waals surface area contributed by atoms with Crippen molar-refractivity contribution >= 4 is 5.97 Å².